The molecule has 5 rings (SSSR count). The highest BCUT2D eigenvalue weighted by atomic mass is 35.5. The van der Waals surface area contributed by atoms with Gasteiger partial charge in [0.25, 0.3) is 0 Å². The zero-order chi connectivity index (χ0) is 20.3. The SMILES string of the molecule is C1=CCCC=1.O=C1N(c2ccc(F)cc2)C(c2ccc(Cl)cc2)C12CCNCC2. The Morgan fingerprint density at radius 3 is 2.17 bits per heavy atom. The normalized spacial score (nSPS) is 21.7. The second-order valence-electron chi connectivity index (χ2n) is 7.66. The highest BCUT2D eigenvalue weighted by Crippen LogP contribution is 2.56. The third-order valence-electron chi connectivity index (χ3n) is 5.90. The van der Waals surface area contributed by atoms with Gasteiger partial charge in [0.05, 0.1) is 11.5 Å². The average Bonchev–Trinajstić information content (AvgIpc) is 3.34. The summed E-state index contributed by atoms with van der Waals surface area (Å²) in [6.45, 7) is 1.68. The van der Waals surface area contributed by atoms with E-state index in [9.17, 15) is 9.18 Å². The van der Waals surface area contributed by atoms with Gasteiger partial charge in [-0.1, -0.05) is 23.7 Å². The molecular weight excluding hydrogens is 387 g/mol. The average molecular weight is 411 g/mol. The first-order valence-corrected chi connectivity index (χ1v) is 10.4. The summed E-state index contributed by atoms with van der Waals surface area (Å²) in [7, 11) is 0. The maximum absolute atomic E-state index is 13.3. The van der Waals surface area contributed by atoms with E-state index in [1.54, 1.807) is 17.0 Å². The molecule has 29 heavy (non-hydrogen) atoms. The number of carbonyl (C=O) groups is 1. The molecule has 3 nitrogen and oxygen atoms in total. The van der Waals surface area contributed by atoms with E-state index >= 15 is 0 Å². The molecule has 1 aliphatic carbocycles. The number of amides is 1. The molecule has 2 aromatic carbocycles. The zero-order valence-corrected chi connectivity index (χ0v) is 17.0. The summed E-state index contributed by atoms with van der Waals surface area (Å²) in [5, 5.41) is 4.01. The Bertz CT molecular complexity index is 918. The van der Waals surface area contributed by atoms with Crippen LogP contribution in [0.5, 0.6) is 0 Å². The second kappa shape index (κ2) is 8.54. The Hall–Kier alpha value is -2.39. The predicted molar refractivity (Wildman–Crippen MR) is 115 cm³/mol. The van der Waals surface area contributed by atoms with Crippen LogP contribution in [0, 0.1) is 11.2 Å². The number of benzene rings is 2. The first-order valence-electron chi connectivity index (χ1n) is 10.1. The number of nitrogens with one attached hydrogen (secondary N) is 1. The van der Waals surface area contributed by atoms with E-state index in [4.69, 9.17) is 11.6 Å². The molecule has 1 unspecified atom stereocenters. The Kier molecular flexibility index (Phi) is 5.86. The topological polar surface area (TPSA) is 32.3 Å². The molecule has 2 saturated heterocycles. The third-order valence-corrected chi connectivity index (χ3v) is 6.16. The molecule has 1 amide bonds. The largest absolute Gasteiger partial charge is 0.317 e. The van der Waals surface area contributed by atoms with Crippen molar-refractivity contribution in [1.82, 2.24) is 5.32 Å². The summed E-state index contributed by atoms with van der Waals surface area (Å²) in [5.74, 6) is -0.165. The van der Waals surface area contributed by atoms with E-state index in [-0.39, 0.29) is 23.2 Å². The molecule has 0 saturated carbocycles. The van der Waals surface area contributed by atoms with Gasteiger partial charge in [0.1, 0.15) is 5.82 Å². The first kappa shape index (κ1) is 19.9. The van der Waals surface area contributed by atoms with Crippen molar-refractivity contribution < 1.29 is 9.18 Å². The molecule has 3 aliphatic rings. The maximum atomic E-state index is 13.3. The van der Waals surface area contributed by atoms with Crippen molar-refractivity contribution in [2.75, 3.05) is 18.0 Å². The minimum absolute atomic E-state index is 0.0326. The third kappa shape index (κ3) is 3.89. The highest BCUT2D eigenvalue weighted by Gasteiger charge is 2.61. The van der Waals surface area contributed by atoms with Gasteiger partial charge in [-0.05, 0) is 92.9 Å². The number of allylic oxidation sites excluding steroid dienone is 1. The Morgan fingerprint density at radius 1 is 1.00 bits per heavy atom. The molecule has 0 aromatic heterocycles. The van der Waals surface area contributed by atoms with Gasteiger partial charge in [0.2, 0.25) is 5.91 Å². The summed E-state index contributed by atoms with van der Waals surface area (Å²) in [6.07, 6.45) is 8.16. The van der Waals surface area contributed by atoms with Crippen molar-refractivity contribution in [2.45, 2.75) is 31.7 Å². The van der Waals surface area contributed by atoms with E-state index in [0.717, 1.165) is 37.2 Å². The molecule has 0 bridgehead atoms. The maximum Gasteiger partial charge on any atom is 0.236 e. The van der Waals surface area contributed by atoms with Crippen molar-refractivity contribution in [3.8, 4) is 0 Å². The van der Waals surface area contributed by atoms with Gasteiger partial charge < -0.3 is 10.2 Å². The van der Waals surface area contributed by atoms with E-state index in [2.05, 4.69) is 23.2 Å². The minimum Gasteiger partial charge on any atom is -0.317 e. The van der Waals surface area contributed by atoms with E-state index in [1.807, 2.05) is 24.3 Å². The van der Waals surface area contributed by atoms with Crippen LogP contribution in [0.4, 0.5) is 10.1 Å². The van der Waals surface area contributed by atoms with Crippen LogP contribution >= 0.6 is 11.6 Å². The molecule has 2 aliphatic heterocycles. The Labute approximate surface area is 175 Å². The van der Waals surface area contributed by atoms with Gasteiger partial charge in [-0.25, -0.2) is 4.39 Å². The molecule has 1 N–H and O–H groups in total. The number of hydrogen-bond donors (Lipinski definition) is 1. The number of rotatable bonds is 2. The molecule has 2 fully saturated rings. The first-order chi connectivity index (χ1) is 14.1. The number of hydrogen-bond acceptors (Lipinski definition) is 2. The molecule has 0 radical (unpaired) electrons. The zero-order valence-electron chi connectivity index (χ0n) is 16.2. The van der Waals surface area contributed by atoms with Gasteiger partial charge in [-0.3, -0.25) is 4.79 Å². The van der Waals surface area contributed by atoms with Crippen LogP contribution in [0.15, 0.2) is 66.4 Å². The number of halogens is 2. The molecule has 1 spiro atoms. The van der Waals surface area contributed by atoms with E-state index < -0.39 is 0 Å². The fourth-order valence-corrected chi connectivity index (χ4v) is 4.54. The second-order valence-corrected chi connectivity index (χ2v) is 8.10. The van der Waals surface area contributed by atoms with Crippen LogP contribution in [-0.4, -0.2) is 19.0 Å². The van der Waals surface area contributed by atoms with Crippen LogP contribution in [0.1, 0.15) is 37.3 Å². The van der Waals surface area contributed by atoms with Crippen LogP contribution in [0.3, 0.4) is 0 Å². The molecule has 1 atom stereocenters. The van der Waals surface area contributed by atoms with Crippen LogP contribution in [-0.2, 0) is 4.79 Å². The van der Waals surface area contributed by atoms with Crippen LogP contribution < -0.4 is 10.2 Å². The van der Waals surface area contributed by atoms with Gasteiger partial charge in [0, 0.05) is 10.7 Å². The minimum atomic E-state index is -0.368. The molecule has 2 heterocycles. The van der Waals surface area contributed by atoms with Crippen molar-refractivity contribution in [3.05, 3.63) is 82.8 Å². The summed E-state index contributed by atoms with van der Waals surface area (Å²) < 4.78 is 13.3. The number of piperidine rings is 1. The summed E-state index contributed by atoms with van der Waals surface area (Å²) in [4.78, 5) is 14.9. The van der Waals surface area contributed by atoms with E-state index in [0.29, 0.717) is 5.02 Å². The monoisotopic (exact) mass is 410 g/mol. The van der Waals surface area contributed by atoms with Crippen molar-refractivity contribution in [3.63, 3.8) is 0 Å². The molecule has 5 heteroatoms. The lowest BCUT2D eigenvalue weighted by molar-refractivity contribution is -0.142. The molecule has 150 valence electrons. The Morgan fingerprint density at radius 2 is 1.62 bits per heavy atom. The lowest BCUT2D eigenvalue weighted by atomic mass is 9.62. The number of carbonyl (C=O) groups excluding carboxylic acids is 1. The smallest absolute Gasteiger partial charge is 0.236 e. The fourth-order valence-electron chi connectivity index (χ4n) is 4.41. The lowest BCUT2D eigenvalue weighted by Crippen LogP contribution is -2.66. The van der Waals surface area contributed by atoms with Gasteiger partial charge in [-0.2, -0.15) is 0 Å². The summed E-state index contributed by atoms with van der Waals surface area (Å²) in [5.41, 5.74) is 4.42. The van der Waals surface area contributed by atoms with Crippen LogP contribution in [0.2, 0.25) is 5.02 Å². The van der Waals surface area contributed by atoms with Gasteiger partial charge >= 0.3 is 0 Å². The highest BCUT2D eigenvalue weighted by molar-refractivity contribution is 6.30. The fraction of sp³-hybridized carbons (Fsp3) is 0.333. The number of nitrogens with zero attached hydrogens (tertiary/aromatic N) is 1. The summed E-state index contributed by atoms with van der Waals surface area (Å²) >= 11 is 6.02. The van der Waals surface area contributed by atoms with E-state index in [1.165, 1.54) is 25.0 Å². The number of anilines is 1. The van der Waals surface area contributed by atoms with Gasteiger partial charge in [0.15, 0.2) is 0 Å². The molecule has 2 aromatic rings. The van der Waals surface area contributed by atoms with Crippen LogP contribution in [0.25, 0.3) is 0 Å². The Balaban J connectivity index is 0.000000359. The number of β-lactam (4-membered cyclic amide) rings is 1. The molecular formula is C24H24ClFN2O. The lowest BCUT2D eigenvalue weighted by Gasteiger charge is -2.58. The van der Waals surface area contributed by atoms with Crippen molar-refractivity contribution in [1.29, 1.82) is 0 Å². The standard InChI is InChI=1S/C19H18ClFN2O.C5H6/c20-14-3-1-13(2-4-14)17-19(9-11-22-12-10-19)18(24)23(17)16-7-5-15(21)6-8-16;1-2-4-5-3-1/h1-8,17,22H,9-12H2;1,5H,2,4H2. The summed E-state index contributed by atoms with van der Waals surface area (Å²) in [6, 6.07) is 13.8. The van der Waals surface area contributed by atoms with Crippen molar-refractivity contribution in [2.24, 2.45) is 5.41 Å². The predicted octanol–water partition coefficient (Wildman–Crippen LogP) is 5.43. The van der Waals surface area contributed by atoms with Crippen molar-refractivity contribution >= 4 is 23.2 Å². The quantitative estimate of drug-likeness (QED) is 0.529. The van der Waals surface area contributed by atoms with Gasteiger partial charge in [-0.15, -0.1) is 5.73 Å².